The number of aromatic nitrogens is 2. The first-order valence-corrected chi connectivity index (χ1v) is 9.52. The highest BCUT2D eigenvalue weighted by Crippen LogP contribution is 2.53. The SMILES string of the molecule is Cl.N#Cc1c2c(c(N3C[C@@H]4C(CO)[C@@H]4C3)n3c1nc1ccccc13)CCC2. The molecule has 1 N–H and O–H groups in total. The maximum Gasteiger partial charge on any atom is 0.157 e. The molecule has 6 heteroatoms. The van der Waals surface area contributed by atoms with Crippen LogP contribution in [0.15, 0.2) is 24.3 Å². The van der Waals surface area contributed by atoms with Crippen molar-refractivity contribution in [2.75, 3.05) is 24.6 Å². The number of benzene rings is 1. The molecule has 3 heterocycles. The minimum atomic E-state index is 0. The molecule has 6 rings (SSSR count). The second-order valence-electron chi connectivity index (χ2n) is 7.96. The van der Waals surface area contributed by atoms with Gasteiger partial charge in [-0.2, -0.15) is 5.26 Å². The van der Waals surface area contributed by atoms with Crippen molar-refractivity contribution >= 4 is 34.9 Å². The molecule has 3 aromatic rings. The fourth-order valence-electron chi connectivity index (χ4n) is 5.49. The summed E-state index contributed by atoms with van der Waals surface area (Å²) >= 11 is 0. The van der Waals surface area contributed by atoms with Crippen LogP contribution in [0.25, 0.3) is 16.7 Å². The lowest BCUT2D eigenvalue weighted by molar-refractivity contribution is 0.260. The fourth-order valence-corrected chi connectivity index (χ4v) is 5.49. The highest BCUT2D eigenvalue weighted by molar-refractivity contribution is 5.87. The minimum Gasteiger partial charge on any atom is -0.396 e. The van der Waals surface area contributed by atoms with Crippen LogP contribution in [0.3, 0.4) is 0 Å². The van der Waals surface area contributed by atoms with Gasteiger partial charge in [0.2, 0.25) is 0 Å². The number of nitrogens with zero attached hydrogens (tertiary/aromatic N) is 4. The molecular formula is C21H21ClN4O. The summed E-state index contributed by atoms with van der Waals surface area (Å²) in [6.45, 7) is 2.34. The van der Waals surface area contributed by atoms with Gasteiger partial charge in [-0.3, -0.25) is 4.40 Å². The van der Waals surface area contributed by atoms with Crippen molar-refractivity contribution in [1.82, 2.24) is 9.38 Å². The number of para-hydroxylation sites is 2. The number of hydrogen-bond donors (Lipinski definition) is 1. The molecule has 2 fully saturated rings. The zero-order valence-electron chi connectivity index (χ0n) is 14.9. The van der Waals surface area contributed by atoms with Gasteiger partial charge in [0, 0.05) is 19.7 Å². The van der Waals surface area contributed by atoms with Crippen LogP contribution in [0.1, 0.15) is 23.1 Å². The van der Waals surface area contributed by atoms with Crippen LogP contribution < -0.4 is 4.90 Å². The molecule has 1 aromatic carbocycles. The van der Waals surface area contributed by atoms with Crippen molar-refractivity contribution in [3.63, 3.8) is 0 Å². The molecule has 1 aliphatic heterocycles. The molecule has 1 unspecified atom stereocenters. The van der Waals surface area contributed by atoms with Gasteiger partial charge in [0.1, 0.15) is 11.9 Å². The normalized spacial score (nSPS) is 25.3. The van der Waals surface area contributed by atoms with E-state index in [4.69, 9.17) is 4.98 Å². The first kappa shape index (κ1) is 16.9. The van der Waals surface area contributed by atoms with Gasteiger partial charge in [-0.1, -0.05) is 12.1 Å². The number of anilines is 1. The van der Waals surface area contributed by atoms with Gasteiger partial charge in [0.25, 0.3) is 0 Å². The predicted molar refractivity (Wildman–Crippen MR) is 106 cm³/mol. The summed E-state index contributed by atoms with van der Waals surface area (Å²) in [5.74, 6) is 2.99. The number of aliphatic hydroxyl groups excluding tert-OH is 1. The highest BCUT2D eigenvalue weighted by atomic mass is 35.5. The number of nitriles is 1. The standard InChI is InChI=1S/C21H20N4O.ClH/c22-8-14-12-4-3-5-13(12)21(24-9-15-16(10-24)17(15)11-26)25-19-7-2-1-6-18(19)23-20(14)25;/h1-2,6-7,15-17,26H,3-5,9-11H2;1H/t15-,16+,17?;. The van der Waals surface area contributed by atoms with Crippen molar-refractivity contribution in [2.45, 2.75) is 19.3 Å². The first-order valence-electron chi connectivity index (χ1n) is 9.52. The van der Waals surface area contributed by atoms with Crippen molar-refractivity contribution in [3.05, 3.63) is 41.0 Å². The Balaban J connectivity index is 0.00000160. The van der Waals surface area contributed by atoms with E-state index in [2.05, 4.69) is 21.4 Å². The van der Waals surface area contributed by atoms with E-state index >= 15 is 0 Å². The van der Waals surface area contributed by atoms with Gasteiger partial charge in [-0.25, -0.2) is 4.98 Å². The number of hydrogen-bond acceptors (Lipinski definition) is 4. The summed E-state index contributed by atoms with van der Waals surface area (Å²) in [4.78, 5) is 7.32. The minimum absolute atomic E-state index is 0. The summed E-state index contributed by atoms with van der Waals surface area (Å²) in [5, 5.41) is 19.4. The Bertz CT molecular complexity index is 1100. The van der Waals surface area contributed by atoms with Crippen LogP contribution in [0.5, 0.6) is 0 Å². The largest absolute Gasteiger partial charge is 0.396 e. The molecule has 3 atom stereocenters. The summed E-state index contributed by atoms with van der Waals surface area (Å²) in [6.07, 6.45) is 3.13. The number of fused-ring (bicyclic) bond motifs is 5. The second kappa shape index (κ2) is 5.85. The van der Waals surface area contributed by atoms with Gasteiger partial charge in [0.15, 0.2) is 5.65 Å². The van der Waals surface area contributed by atoms with Crippen molar-refractivity contribution in [3.8, 4) is 6.07 Å². The molecule has 0 bridgehead atoms. The summed E-state index contributed by atoms with van der Waals surface area (Å²) in [6, 6.07) is 10.6. The summed E-state index contributed by atoms with van der Waals surface area (Å²) < 4.78 is 2.23. The van der Waals surface area contributed by atoms with Crippen molar-refractivity contribution in [2.24, 2.45) is 17.8 Å². The molecule has 1 saturated carbocycles. The Morgan fingerprint density at radius 3 is 2.63 bits per heavy atom. The van der Waals surface area contributed by atoms with Gasteiger partial charge in [0.05, 0.1) is 16.6 Å². The fraction of sp³-hybridized carbons (Fsp3) is 0.429. The molecular weight excluding hydrogens is 360 g/mol. The molecule has 3 aliphatic rings. The third-order valence-corrected chi connectivity index (χ3v) is 6.78. The number of rotatable bonds is 2. The molecule has 138 valence electrons. The highest BCUT2D eigenvalue weighted by Gasteiger charge is 2.55. The molecule has 27 heavy (non-hydrogen) atoms. The zero-order chi connectivity index (χ0) is 17.4. The van der Waals surface area contributed by atoms with Crippen LogP contribution in [0.4, 0.5) is 5.82 Å². The Morgan fingerprint density at radius 2 is 1.89 bits per heavy atom. The van der Waals surface area contributed by atoms with E-state index in [1.54, 1.807) is 0 Å². The third kappa shape index (κ3) is 2.11. The van der Waals surface area contributed by atoms with Crippen LogP contribution in [-0.2, 0) is 12.8 Å². The molecule has 0 radical (unpaired) electrons. The zero-order valence-corrected chi connectivity index (χ0v) is 15.7. The Labute approximate surface area is 163 Å². The lowest BCUT2D eigenvalue weighted by Crippen LogP contribution is -2.28. The monoisotopic (exact) mass is 380 g/mol. The first-order chi connectivity index (χ1) is 12.8. The van der Waals surface area contributed by atoms with Crippen LogP contribution in [0.2, 0.25) is 0 Å². The van der Waals surface area contributed by atoms with Gasteiger partial charge >= 0.3 is 0 Å². The van der Waals surface area contributed by atoms with Crippen molar-refractivity contribution in [1.29, 1.82) is 5.26 Å². The number of aliphatic hydroxyl groups is 1. The lowest BCUT2D eigenvalue weighted by Gasteiger charge is -2.26. The Hall–Kier alpha value is -2.29. The van der Waals surface area contributed by atoms with E-state index in [1.165, 1.54) is 16.9 Å². The number of halogens is 1. The Kier molecular flexibility index (Phi) is 3.65. The number of piperidine rings is 1. The average molecular weight is 381 g/mol. The predicted octanol–water partition coefficient (Wildman–Crippen LogP) is 2.94. The Morgan fingerprint density at radius 1 is 1.15 bits per heavy atom. The average Bonchev–Trinajstić information content (AvgIpc) is 3.12. The summed E-state index contributed by atoms with van der Waals surface area (Å²) in [7, 11) is 0. The van der Waals surface area contributed by atoms with Crippen molar-refractivity contribution < 1.29 is 5.11 Å². The lowest BCUT2D eigenvalue weighted by atomic mass is 10.1. The molecule has 0 amide bonds. The molecule has 0 spiro atoms. The van der Waals surface area contributed by atoms with E-state index < -0.39 is 0 Å². The molecule has 2 aromatic heterocycles. The smallest absolute Gasteiger partial charge is 0.157 e. The number of imidazole rings is 1. The van der Waals surface area contributed by atoms with E-state index in [1.807, 2.05) is 18.2 Å². The number of pyridine rings is 1. The maximum absolute atomic E-state index is 9.85. The van der Waals surface area contributed by atoms with Gasteiger partial charge in [-0.15, -0.1) is 12.4 Å². The van der Waals surface area contributed by atoms with E-state index in [-0.39, 0.29) is 12.4 Å². The topological polar surface area (TPSA) is 64.6 Å². The second-order valence-corrected chi connectivity index (χ2v) is 7.96. The summed E-state index contributed by atoms with van der Waals surface area (Å²) in [5.41, 5.74) is 6.16. The van der Waals surface area contributed by atoms with E-state index in [0.29, 0.717) is 24.4 Å². The van der Waals surface area contributed by atoms with E-state index in [0.717, 1.165) is 54.6 Å². The molecule has 1 saturated heterocycles. The third-order valence-electron chi connectivity index (χ3n) is 6.78. The molecule has 2 aliphatic carbocycles. The maximum atomic E-state index is 9.85. The van der Waals surface area contributed by atoms with Gasteiger partial charge in [-0.05, 0) is 60.3 Å². The molecule has 5 nitrogen and oxygen atoms in total. The van der Waals surface area contributed by atoms with Crippen LogP contribution in [-0.4, -0.2) is 34.2 Å². The van der Waals surface area contributed by atoms with Gasteiger partial charge < -0.3 is 10.0 Å². The van der Waals surface area contributed by atoms with Crippen LogP contribution >= 0.6 is 12.4 Å². The van der Waals surface area contributed by atoms with E-state index in [9.17, 15) is 10.4 Å². The quantitative estimate of drug-likeness (QED) is 0.742. The van der Waals surface area contributed by atoms with Crippen LogP contribution in [0, 0.1) is 29.1 Å².